The molecule has 0 atom stereocenters. The molecule has 0 N–H and O–H groups in total. The van der Waals surface area contributed by atoms with Gasteiger partial charge in [0.15, 0.2) is 0 Å². The maximum Gasteiger partial charge on any atom is 0.447 e. The van der Waals surface area contributed by atoms with Crippen molar-refractivity contribution in [2.75, 3.05) is 14.1 Å². The smallest absolute Gasteiger partial charge is 0.382 e. The van der Waals surface area contributed by atoms with Crippen LogP contribution in [-0.4, -0.2) is 24.5 Å². The SMILES string of the molecule is CN(C)/C=C(/C#N)SC(F)(F)F. The second kappa shape index (κ2) is 4.26. The number of alkyl halides is 3. The van der Waals surface area contributed by atoms with Crippen LogP contribution < -0.4 is 0 Å². The molecule has 0 amide bonds. The quantitative estimate of drug-likeness (QED) is 0.633. The molecule has 68 valence electrons. The zero-order chi connectivity index (χ0) is 9.78. The number of hydrogen-bond acceptors (Lipinski definition) is 3. The third kappa shape index (κ3) is 5.92. The van der Waals surface area contributed by atoms with E-state index in [1.807, 2.05) is 0 Å². The molecule has 12 heavy (non-hydrogen) atoms. The van der Waals surface area contributed by atoms with Gasteiger partial charge in [0, 0.05) is 20.3 Å². The number of nitriles is 1. The molecule has 0 aliphatic carbocycles. The van der Waals surface area contributed by atoms with Crippen LogP contribution in [0.1, 0.15) is 0 Å². The van der Waals surface area contributed by atoms with Crippen molar-refractivity contribution in [2.24, 2.45) is 0 Å². The molecule has 2 nitrogen and oxygen atoms in total. The van der Waals surface area contributed by atoms with Gasteiger partial charge in [0.1, 0.15) is 11.0 Å². The van der Waals surface area contributed by atoms with Gasteiger partial charge in [-0.05, 0) is 11.8 Å². The van der Waals surface area contributed by atoms with Crippen molar-refractivity contribution in [3.8, 4) is 6.07 Å². The number of rotatable bonds is 2. The van der Waals surface area contributed by atoms with Gasteiger partial charge < -0.3 is 4.90 Å². The summed E-state index contributed by atoms with van der Waals surface area (Å²) in [6, 6.07) is 1.45. The van der Waals surface area contributed by atoms with Gasteiger partial charge in [0.2, 0.25) is 0 Å². The van der Waals surface area contributed by atoms with E-state index >= 15 is 0 Å². The monoisotopic (exact) mass is 196 g/mol. The lowest BCUT2D eigenvalue weighted by molar-refractivity contribution is -0.0321. The Kier molecular flexibility index (Phi) is 3.96. The zero-order valence-corrected chi connectivity index (χ0v) is 7.33. The number of allylic oxidation sites excluding steroid dienone is 1. The molecule has 0 aromatic heterocycles. The fourth-order valence-corrected chi connectivity index (χ4v) is 0.996. The third-order valence-corrected chi connectivity index (χ3v) is 1.36. The molecule has 0 radical (unpaired) electrons. The topological polar surface area (TPSA) is 27.0 Å². The van der Waals surface area contributed by atoms with Crippen LogP contribution in [0.5, 0.6) is 0 Å². The highest BCUT2D eigenvalue weighted by atomic mass is 32.2. The molecule has 0 spiro atoms. The lowest BCUT2D eigenvalue weighted by atomic mass is 10.6. The molecule has 0 saturated heterocycles. The van der Waals surface area contributed by atoms with E-state index in [1.165, 1.54) is 11.0 Å². The summed E-state index contributed by atoms with van der Waals surface area (Å²) in [6.07, 6.45) is 1.12. The van der Waals surface area contributed by atoms with Crippen molar-refractivity contribution in [3.63, 3.8) is 0 Å². The predicted octanol–water partition coefficient (Wildman–Crippen LogP) is 2.17. The van der Waals surface area contributed by atoms with Crippen LogP contribution in [0.25, 0.3) is 0 Å². The molecule has 0 bridgehead atoms. The normalized spacial score (nSPS) is 12.5. The summed E-state index contributed by atoms with van der Waals surface area (Å²) in [5.41, 5.74) is -4.39. The number of thioether (sulfide) groups is 1. The van der Waals surface area contributed by atoms with Crippen LogP contribution in [-0.2, 0) is 0 Å². The first-order valence-electron chi connectivity index (χ1n) is 2.89. The van der Waals surface area contributed by atoms with E-state index in [2.05, 4.69) is 0 Å². The summed E-state index contributed by atoms with van der Waals surface area (Å²) in [4.78, 5) is 1.02. The first-order chi connectivity index (χ1) is 5.35. The first kappa shape index (κ1) is 11.2. The van der Waals surface area contributed by atoms with Crippen LogP contribution in [0.15, 0.2) is 11.1 Å². The van der Waals surface area contributed by atoms with Crippen LogP contribution in [0.3, 0.4) is 0 Å². The van der Waals surface area contributed by atoms with Crippen molar-refractivity contribution < 1.29 is 13.2 Å². The lowest BCUT2D eigenvalue weighted by Crippen LogP contribution is -2.05. The van der Waals surface area contributed by atoms with E-state index in [9.17, 15) is 13.2 Å². The standard InChI is InChI=1S/C6H7F3N2S/c1-11(2)4-5(3-10)12-6(7,8)9/h4H,1-2H3/b5-4-. The Labute approximate surface area is 72.6 Å². The maximum atomic E-state index is 11.7. The van der Waals surface area contributed by atoms with Gasteiger partial charge in [-0.2, -0.15) is 18.4 Å². The van der Waals surface area contributed by atoms with Crippen molar-refractivity contribution >= 4 is 11.8 Å². The van der Waals surface area contributed by atoms with Gasteiger partial charge in [0.05, 0.1) is 0 Å². The fourth-order valence-electron chi connectivity index (χ4n) is 0.437. The lowest BCUT2D eigenvalue weighted by Gasteiger charge is -2.07. The van der Waals surface area contributed by atoms with Gasteiger partial charge in [-0.15, -0.1) is 0 Å². The largest absolute Gasteiger partial charge is 0.447 e. The van der Waals surface area contributed by atoms with Gasteiger partial charge in [-0.25, -0.2) is 0 Å². The molecule has 0 saturated carbocycles. The zero-order valence-electron chi connectivity index (χ0n) is 6.51. The minimum absolute atomic E-state index is 0.368. The van der Waals surface area contributed by atoms with Gasteiger partial charge >= 0.3 is 5.51 Å². The highest BCUT2D eigenvalue weighted by molar-refractivity contribution is 8.04. The predicted molar refractivity (Wildman–Crippen MR) is 41.0 cm³/mol. The first-order valence-corrected chi connectivity index (χ1v) is 3.71. The molecule has 0 aromatic carbocycles. The van der Waals surface area contributed by atoms with Crippen LogP contribution in [0.2, 0.25) is 0 Å². The Morgan fingerprint density at radius 2 is 2.00 bits per heavy atom. The van der Waals surface area contributed by atoms with Crippen molar-refractivity contribution in [1.29, 1.82) is 5.26 Å². The molecule has 0 unspecified atom stereocenters. The highest BCUT2D eigenvalue weighted by Crippen LogP contribution is 2.35. The second-order valence-electron chi connectivity index (χ2n) is 2.12. The van der Waals surface area contributed by atoms with E-state index in [1.54, 1.807) is 14.1 Å². The average molecular weight is 196 g/mol. The number of halogens is 3. The molecule has 0 rings (SSSR count). The van der Waals surface area contributed by atoms with E-state index in [4.69, 9.17) is 5.26 Å². The van der Waals surface area contributed by atoms with E-state index in [0.29, 0.717) is 0 Å². The average Bonchev–Trinajstić information content (AvgIpc) is 1.82. The van der Waals surface area contributed by atoms with Gasteiger partial charge in [0.25, 0.3) is 0 Å². The van der Waals surface area contributed by atoms with Gasteiger partial charge in [-0.1, -0.05) is 0 Å². The molecule has 6 heteroatoms. The minimum Gasteiger partial charge on any atom is -0.382 e. The molecule has 0 aliphatic heterocycles. The van der Waals surface area contributed by atoms with Crippen molar-refractivity contribution in [2.45, 2.75) is 5.51 Å². The van der Waals surface area contributed by atoms with Crippen LogP contribution in [0.4, 0.5) is 13.2 Å². The summed E-state index contributed by atoms with van der Waals surface area (Å²) in [5, 5.41) is 8.27. The van der Waals surface area contributed by atoms with Crippen LogP contribution in [0, 0.1) is 11.3 Å². The Morgan fingerprint density at radius 3 is 2.25 bits per heavy atom. The van der Waals surface area contributed by atoms with E-state index in [0.717, 1.165) is 6.20 Å². The molecular formula is C6H7F3N2S. The Hall–Kier alpha value is -0.830. The minimum atomic E-state index is -4.39. The molecule has 0 fully saturated rings. The summed E-state index contributed by atoms with van der Waals surface area (Å²) in [5.74, 6) is 0. The summed E-state index contributed by atoms with van der Waals surface area (Å²) < 4.78 is 35.1. The second-order valence-corrected chi connectivity index (χ2v) is 3.22. The van der Waals surface area contributed by atoms with E-state index in [-0.39, 0.29) is 4.91 Å². The van der Waals surface area contributed by atoms with Crippen LogP contribution >= 0.6 is 11.8 Å². The number of hydrogen-bond donors (Lipinski definition) is 0. The Morgan fingerprint density at radius 1 is 1.50 bits per heavy atom. The summed E-state index contributed by atoms with van der Waals surface area (Å²) >= 11 is -0.411. The highest BCUT2D eigenvalue weighted by Gasteiger charge is 2.30. The third-order valence-electron chi connectivity index (χ3n) is 0.711. The van der Waals surface area contributed by atoms with E-state index < -0.39 is 17.3 Å². The summed E-state index contributed by atoms with van der Waals surface area (Å²) in [6.45, 7) is 0. The summed E-state index contributed by atoms with van der Waals surface area (Å²) in [7, 11) is 3.10. The van der Waals surface area contributed by atoms with Crippen molar-refractivity contribution in [3.05, 3.63) is 11.1 Å². The fraction of sp³-hybridized carbons (Fsp3) is 0.500. The van der Waals surface area contributed by atoms with Gasteiger partial charge in [-0.3, -0.25) is 0 Å². The molecule has 0 aromatic rings. The molecular weight excluding hydrogens is 189 g/mol. The molecule has 0 heterocycles. The molecule has 0 aliphatic rings. The maximum absolute atomic E-state index is 11.7. The Bertz CT molecular complexity index is 214. The Balaban J connectivity index is 4.32. The number of nitrogens with zero attached hydrogens (tertiary/aromatic N) is 2. The van der Waals surface area contributed by atoms with Crippen molar-refractivity contribution in [1.82, 2.24) is 4.90 Å².